The topological polar surface area (TPSA) is 134 Å². The Hall–Kier alpha value is -4.32. The van der Waals surface area contributed by atoms with E-state index in [4.69, 9.17) is 0 Å². The van der Waals surface area contributed by atoms with Crippen LogP contribution >= 0.6 is 11.3 Å². The molecule has 11 heteroatoms. The van der Waals surface area contributed by atoms with Gasteiger partial charge in [0.05, 0.1) is 10.6 Å². The Labute approximate surface area is 222 Å². The van der Waals surface area contributed by atoms with E-state index in [0.717, 1.165) is 33.6 Å². The van der Waals surface area contributed by atoms with Crippen molar-refractivity contribution < 1.29 is 18.3 Å². The molecule has 192 valence electrons. The summed E-state index contributed by atoms with van der Waals surface area (Å²) < 4.78 is 27.7. The Morgan fingerprint density at radius 3 is 2.34 bits per heavy atom. The molecule has 38 heavy (non-hydrogen) atoms. The largest absolute Gasteiger partial charge is 0.476 e. The van der Waals surface area contributed by atoms with Crippen LogP contribution in [0.4, 0.5) is 0 Å². The number of benzene rings is 3. The predicted molar refractivity (Wildman–Crippen MR) is 145 cm³/mol. The fraction of sp³-hybridized carbons (Fsp3) is 0.0741. The molecule has 0 fully saturated rings. The lowest BCUT2D eigenvalue weighted by Gasteiger charge is -2.07. The van der Waals surface area contributed by atoms with Gasteiger partial charge in [-0.1, -0.05) is 60.7 Å². The number of carbonyl (C=O) groups is 1. The molecule has 0 spiro atoms. The van der Waals surface area contributed by atoms with Gasteiger partial charge in [0.2, 0.25) is 15.2 Å². The number of carboxylic acids is 1. The Kier molecular flexibility index (Phi) is 6.81. The summed E-state index contributed by atoms with van der Waals surface area (Å²) in [6, 6.07) is 23.9. The molecular formula is C27H22N4O5S2. The minimum absolute atomic E-state index is 0.120. The Morgan fingerprint density at radius 1 is 1.00 bits per heavy atom. The third-order valence-electron chi connectivity index (χ3n) is 6.03. The third kappa shape index (κ3) is 4.94. The van der Waals surface area contributed by atoms with E-state index in [9.17, 15) is 23.1 Å². The number of sulfonamides is 1. The molecule has 2 heterocycles. The fourth-order valence-electron chi connectivity index (χ4n) is 4.07. The van der Waals surface area contributed by atoms with Crippen molar-refractivity contribution in [1.82, 2.24) is 19.5 Å². The molecule has 5 rings (SSSR count). The van der Waals surface area contributed by atoms with Crippen molar-refractivity contribution in [2.24, 2.45) is 0 Å². The van der Waals surface area contributed by atoms with Crippen molar-refractivity contribution in [2.45, 2.75) is 11.3 Å². The minimum Gasteiger partial charge on any atom is -0.476 e. The van der Waals surface area contributed by atoms with Gasteiger partial charge in [0.1, 0.15) is 0 Å². The number of thiazole rings is 1. The maximum Gasteiger partial charge on any atom is 0.355 e. The van der Waals surface area contributed by atoms with Crippen molar-refractivity contribution in [3.63, 3.8) is 0 Å². The molecule has 2 aromatic heterocycles. The van der Waals surface area contributed by atoms with E-state index in [2.05, 4.69) is 14.8 Å². The van der Waals surface area contributed by atoms with E-state index < -0.39 is 16.0 Å². The summed E-state index contributed by atoms with van der Waals surface area (Å²) in [4.78, 5) is 29.2. The average molecular weight is 547 g/mol. The molecule has 3 N–H and O–H groups in total. The Bertz CT molecular complexity index is 1790. The number of aromatic amines is 1. The first-order chi connectivity index (χ1) is 18.3. The summed E-state index contributed by atoms with van der Waals surface area (Å²) >= 11 is 1.04. The lowest BCUT2D eigenvalue weighted by atomic mass is 9.98. The Morgan fingerprint density at radius 2 is 1.68 bits per heavy atom. The molecule has 5 aromatic rings. The van der Waals surface area contributed by atoms with Crippen LogP contribution in [0.25, 0.3) is 27.5 Å². The van der Waals surface area contributed by atoms with Crippen molar-refractivity contribution >= 4 is 27.3 Å². The van der Waals surface area contributed by atoms with Crippen LogP contribution in [-0.2, 0) is 16.4 Å². The summed E-state index contributed by atoms with van der Waals surface area (Å²) in [7, 11) is -2.25. The fourth-order valence-corrected chi connectivity index (χ4v) is 5.55. The number of nitrogens with zero attached hydrogens (tertiary/aromatic N) is 2. The van der Waals surface area contributed by atoms with Crippen LogP contribution in [0.5, 0.6) is 0 Å². The lowest BCUT2D eigenvalue weighted by molar-refractivity contribution is 0.0691. The number of carboxylic acid groups (broad SMARTS) is 1. The smallest absolute Gasteiger partial charge is 0.355 e. The van der Waals surface area contributed by atoms with Gasteiger partial charge in [-0.05, 0) is 41.9 Å². The number of nitrogens with one attached hydrogen (secondary N) is 2. The minimum atomic E-state index is -3.59. The van der Waals surface area contributed by atoms with Crippen molar-refractivity contribution in [3.8, 4) is 27.5 Å². The molecule has 9 nitrogen and oxygen atoms in total. The summed E-state index contributed by atoms with van der Waals surface area (Å²) in [6.45, 7) is 0. The molecule has 0 atom stereocenters. The number of hydrogen-bond acceptors (Lipinski definition) is 6. The number of rotatable bonds is 8. The third-order valence-corrected chi connectivity index (χ3v) is 8.29. The zero-order valence-electron chi connectivity index (χ0n) is 20.1. The van der Waals surface area contributed by atoms with Gasteiger partial charge in [0.25, 0.3) is 5.56 Å². The monoisotopic (exact) mass is 546 g/mol. The molecule has 0 bridgehead atoms. The van der Waals surface area contributed by atoms with E-state index in [-0.39, 0.29) is 27.7 Å². The van der Waals surface area contributed by atoms with Crippen LogP contribution in [0, 0.1) is 0 Å². The molecule has 0 aliphatic rings. The summed E-state index contributed by atoms with van der Waals surface area (Å²) in [5, 5.41) is 14.0. The molecule has 0 amide bonds. The zero-order chi connectivity index (χ0) is 26.9. The van der Waals surface area contributed by atoms with E-state index >= 15 is 0 Å². The standard InChI is InChI=1S/C27H22N4O5S2/c1-28-38(35,36)21-12-10-17(11-13-21)14-22-24(20-9-5-8-19(15-20)18-6-3-2-4-7-18)30-31(25(22)32)27-29-23(16-37-27)26(33)34/h2-13,15-16,28,30H,14H2,1H3,(H,33,34). The zero-order valence-corrected chi connectivity index (χ0v) is 21.7. The lowest BCUT2D eigenvalue weighted by Crippen LogP contribution is -2.19. The second kappa shape index (κ2) is 10.2. The molecule has 3 aromatic carbocycles. The number of hydrogen-bond donors (Lipinski definition) is 3. The molecular weight excluding hydrogens is 524 g/mol. The second-order valence-electron chi connectivity index (χ2n) is 8.40. The van der Waals surface area contributed by atoms with Gasteiger partial charge in [0, 0.05) is 22.9 Å². The number of aromatic nitrogens is 3. The van der Waals surface area contributed by atoms with E-state index in [1.807, 2.05) is 54.6 Å². The van der Waals surface area contributed by atoms with Gasteiger partial charge in [-0.15, -0.1) is 11.3 Å². The summed E-state index contributed by atoms with van der Waals surface area (Å²) in [6.07, 6.45) is 0.213. The number of aromatic carboxylic acids is 1. The SMILES string of the molecule is CNS(=O)(=O)c1ccc(Cc2c(-c3cccc(-c4ccccc4)c3)[nH]n(-c3nc(C(=O)O)cs3)c2=O)cc1. The van der Waals surface area contributed by atoms with Crippen molar-refractivity contribution in [2.75, 3.05) is 7.05 Å². The van der Waals surface area contributed by atoms with Gasteiger partial charge in [-0.25, -0.2) is 22.9 Å². The Balaban J connectivity index is 1.62. The first-order valence-corrected chi connectivity index (χ1v) is 13.8. The molecule has 0 saturated carbocycles. The van der Waals surface area contributed by atoms with Gasteiger partial charge >= 0.3 is 5.97 Å². The highest BCUT2D eigenvalue weighted by Gasteiger charge is 2.21. The van der Waals surface area contributed by atoms with Gasteiger partial charge in [-0.2, -0.15) is 4.68 Å². The van der Waals surface area contributed by atoms with Gasteiger partial charge in [-0.3, -0.25) is 9.89 Å². The van der Waals surface area contributed by atoms with E-state index in [1.54, 1.807) is 12.1 Å². The maximum atomic E-state index is 13.6. The van der Waals surface area contributed by atoms with Crippen LogP contribution in [0.1, 0.15) is 21.6 Å². The number of H-pyrrole nitrogens is 1. The highest BCUT2D eigenvalue weighted by Crippen LogP contribution is 2.28. The van der Waals surface area contributed by atoms with Gasteiger partial charge in [0.15, 0.2) is 5.69 Å². The normalized spacial score (nSPS) is 11.5. The van der Waals surface area contributed by atoms with Crippen LogP contribution in [0.2, 0.25) is 0 Å². The van der Waals surface area contributed by atoms with E-state index in [1.165, 1.54) is 29.2 Å². The average Bonchev–Trinajstić information content (AvgIpc) is 3.55. The first kappa shape index (κ1) is 25.3. The molecule has 0 unspecified atom stereocenters. The summed E-state index contributed by atoms with van der Waals surface area (Å²) in [5.41, 5.74) is 3.95. The quantitative estimate of drug-likeness (QED) is 0.268. The van der Waals surface area contributed by atoms with Crippen LogP contribution in [0.3, 0.4) is 0 Å². The molecule has 0 aliphatic carbocycles. The molecule has 0 radical (unpaired) electrons. The first-order valence-electron chi connectivity index (χ1n) is 11.5. The van der Waals surface area contributed by atoms with Crippen LogP contribution in [-0.4, -0.2) is 41.3 Å². The van der Waals surface area contributed by atoms with Crippen LogP contribution in [0.15, 0.2) is 93.9 Å². The highest BCUT2D eigenvalue weighted by molar-refractivity contribution is 7.89. The highest BCUT2D eigenvalue weighted by atomic mass is 32.2. The summed E-state index contributed by atoms with van der Waals surface area (Å²) in [5.74, 6) is -1.18. The van der Waals surface area contributed by atoms with Crippen molar-refractivity contribution in [3.05, 3.63) is 111 Å². The maximum absolute atomic E-state index is 13.6. The predicted octanol–water partition coefficient (Wildman–Crippen LogP) is 4.15. The second-order valence-corrected chi connectivity index (χ2v) is 11.1. The van der Waals surface area contributed by atoms with Crippen molar-refractivity contribution in [1.29, 1.82) is 0 Å². The van der Waals surface area contributed by atoms with Crippen LogP contribution < -0.4 is 10.3 Å². The van der Waals surface area contributed by atoms with E-state index in [0.29, 0.717) is 11.3 Å². The molecule has 0 aliphatic heterocycles. The van der Waals surface area contributed by atoms with Gasteiger partial charge < -0.3 is 5.11 Å². The molecule has 0 saturated heterocycles.